The van der Waals surface area contributed by atoms with E-state index < -0.39 is 28.3 Å². The van der Waals surface area contributed by atoms with Crippen molar-refractivity contribution in [3.05, 3.63) is 48.3 Å². The molecule has 2 aromatic carbocycles. The van der Waals surface area contributed by atoms with E-state index in [4.69, 9.17) is 9.47 Å². The Bertz CT molecular complexity index is 885. The van der Waals surface area contributed by atoms with Gasteiger partial charge in [0.25, 0.3) is 0 Å². The van der Waals surface area contributed by atoms with Crippen molar-refractivity contribution in [3.8, 4) is 11.5 Å². The molecule has 1 amide bonds. The lowest BCUT2D eigenvalue weighted by Crippen LogP contribution is -2.34. The van der Waals surface area contributed by atoms with Crippen molar-refractivity contribution >= 4 is 21.6 Å². The van der Waals surface area contributed by atoms with Crippen LogP contribution in [0.5, 0.6) is 11.5 Å². The number of methoxy groups -OCH3 is 2. The quantitative estimate of drug-likeness (QED) is 0.793. The first kappa shape index (κ1) is 19.7. The van der Waals surface area contributed by atoms with Crippen LogP contribution in [0.1, 0.15) is 0 Å². The molecule has 140 valence electrons. The van der Waals surface area contributed by atoms with E-state index in [0.29, 0.717) is 17.2 Å². The molecule has 1 N–H and O–H groups in total. The Balaban J connectivity index is 2.08. The van der Waals surface area contributed by atoms with Crippen molar-refractivity contribution in [2.45, 2.75) is 4.90 Å². The van der Waals surface area contributed by atoms with E-state index in [1.165, 1.54) is 21.3 Å². The van der Waals surface area contributed by atoms with E-state index in [-0.39, 0.29) is 4.90 Å². The summed E-state index contributed by atoms with van der Waals surface area (Å²) in [6.45, 7) is -0.409. The summed E-state index contributed by atoms with van der Waals surface area (Å²) in [6.07, 6.45) is 0. The maximum atomic E-state index is 13.0. The number of hydrogen-bond acceptors (Lipinski definition) is 5. The second-order valence-corrected chi connectivity index (χ2v) is 7.38. The van der Waals surface area contributed by atoms with Crippen molar-refractivity contribution in [1.29, 1.82) is 0 Å². The maximum absolute atomic E-state index is 13.0. The fourth-order valence-electron chi connectivity index (χ4n) is 2.19. The lowest BCUT2D eigenvalue weighted by atomic mass is 10.2. The Morgan fingerprint density at radius 2 is 1.69 bits per heavy atom. The molecule has 0 aliphatic rings. The zero-order valence-corrected chi connectivity index (χ0v) is 15.3. The zero-order valence-electron chi connectivity index (χ0n) is 14.5. The van der Waals surface area contributed by atoms with Gasteiger partial charge in [0.2, 0.25) is 15.9 Å². The summed E-state index contributed by atoms with van der Waals surface area (Å²) >= 11 is 0. The Kier molecular flexibility index (Phi) is 6.17. The van der Waals surface area contributed by atoms with Crippen molar-refractivity contribution in [2.24, 2.45) is 0 Å². The van der Waals surface area contributed by atoms with Crippen LogP contribution in [0.4, 0.5) is 10.1 Å². The third kappa shape index (κ3) is 4.50. The monoisotopic (exact) mass is 382 g/mol. The molecule has 0 heterocycles. The van der Waals surface area contributed by atoms with Crippen molar-refractivity contribution < 1.29 is 27.1 Å². The summed E-state index contributed by atoms with van der Waals surface area (Å²) in [5.74, 6) is -0.151. The summed E-state index contributed by atoms with van der Waals surface area (Å²) in [5, 5.41) is 2.59. The molecule has 0 aliphatic heterocycles. The van der Waals surface area contributed by atoms with Gasteiger partial charge >= 0.3 is 0 Å². The van der Waals surface area contributed by atoms with Crippen LogP contribution >= 0.6 is 0 Å². The molecule has 2 rings (SSSR count). The maximum Gasteiger partial charge on any atom is 0.243 e. The average Bonchev–Trinajstić information content (AvgIpc) is 2.61. The molecule has 0 atom stereocenters. The first-order valence-electron chi connectivity index (χ1n) is 7.51. The fourth-order valence-corrected chi connectivity index (χ4v) is 3.32. The third-order valence-corrected chi connectivity index (χ3v) is 5.37. The highest BCUT2D eigenvalue weighted by molar-refractivity contribution is 7.89. The molecule has 0 unspecified atom stereocenters. The van der Waals surface area contributed by atoms with E-state index in [1.54, 1.807) is 18.2 Å². The van der Waals surface area contributed by atoms with E-state index in [0.717, 1.165) is 28.6 Å². The molecule has 0 aliphatic carbocycles. The number of carbonyl (C=O) groups excluding carboxylic acids is 1. The van der Waals surface area contributed by atoms with Gasteiger partial charge in [0.1, 0.15) is 5.82 Å². The number of ether oxygens (including phenoxy) is 2. The molecular formula is C17H19FN2O5S. The highest BCUT2D eigenvalue weighted by Gasteiger charge is 2.23. The molecule has 2 aromatic rings. The number of rotatable bonds is 7. The molecule has 0 bridgehead atoms. The SMILES string of the molecule is COc1ccc(NC(=O)CN(C)S(=O)(=O)c2ccc(F)cc2)cc1OC. The van der Waals surface area contributed by atoms with Gasteiger partial charge in [-0.2, -0.15) is 4.31 Å². The van der Waals surface area contributed by atoms with Crippen LogP contribution in [0.2, 0.25) is 0 Å². The first-order valence-corrected chi connectivity index (χ1v) is 8.95. The topological polar surface area (TPSA) is 84.9 Å². The molecule has 0 fully saturated rings. The number of sulfonamides is 1. The normalized spacial score (nSPS) is 11.3. The lowest BCUT2D eigenvalue weighted by Gasteiger charge is -2.17. The molecular weight excluding hydrogens is 363 g/mol. The molecule has 9 heteroatoms. The second-order valence-electron chi connectivity index (χ2n) is 5.33. The number of benzene rings is 2. The van der Waals surface area contributed by atoms with Crippen LogP contribution in [-0.2, 0) is 14.8 Å². The van der Waals surface area contributed by atoms with Gasteiger partial charge in [0.15, 0.2) is 11.5 Å². The minimum Gasteiger partial charge on any atom is -0.493 e. The molecule has 7 nitrogen and oxygen atoms in total. The molecule has 0 saturated carbocycles. The van der Waals surface area contributed by atoms with Gasteiger partial charge in [-0.3, -0.25) is 4.79 Å². The summed E-state index contributed by atoms with van der Waals surface area (Å²) in [6, 6.07) is 9.17. The molecule has 0 spiro atoms. The molecule has 26 heavy (non-hydrogen) atoms. The number of hydrogen-bond donors (Lipinski definition) is 1. The predicted octanol–water partition coefficient (Wildman–Crippen LogP) is 2.10. The van der Waals surface area contributed by atoms with Gasteiger partial charge < -0.3 is 14.8 Å². The molecule has 0 radical (unpaired) electrons. The lowest BCUT2D eigenvalue weighted by molar-refractivity contribution is -0.116. The smallest absolute Gasteiger partial charge is 0.243 e. The summed E-state index contributed by atoms with van der Waals surface area (Å²) in [4.78, 5) is 12.1. The predicted molar refractivity (Wildman–Crippen MR) is 94.4 cm³/mol. The summed E-state index contributed by atoms with van der Waals surface area (Å²) < 4.78 is 48.9. The van der Waals surface area contributed by atoms with Gasteiger partial charge in [-0.1, -0.05) is 0 Å². The zero-order chi connectivity index (χ0) is 19.3. The average molecular weight is 382 g/mol. The van der Waals surface area contributed by atoms with Gasteiger partial charge in [-0.15, -0.1) is 0 Å². The van der Waals surface area contributed by atoms with Crippen LogP contribution in [0.3, 0.4) is 0 Å². The van der Waals surface area contributed by atoms with Gasteiger partial charge in [0, 0.05) is 18.8 Å². The summed E-state index contributed by atoms with van der Waals surface area (Å²) in [7, 11) is 0.321. The van der Waals surface area contributed by atoms with Gasteiger partial charge in [-0.05, 0) is 36.4 Å². The van der Waals surface area contributed by atoms with Crippen LogP contribution in [0, 0.1) is 5.82 Å². The van der Waals surface area contributed by atoms with E-state index >= 15 is 0 Å². The Labute approximate surface area is 151 Å². The third-order valence-electron chi connectivity index (χ3n) is 3.56. The summed E-state index contributed by atoms with van der Waals surface area (Å²) in [5.41, 5.74) is 0.431. The van der Waals surface area contributed by atoms with E-state index in [9.17, 15) is 17.6 Å². The second kappa shape index (κ2) is 8.15. The number of nitrogens with zero attached hydrogens (tertiary/aromatic N) is 1. The Morgan fingerprint density at radius 3 is 2.27 bits per heavy atom. The van der Waals surface area contributed by atoms with Crippen molar-refractivity contribution in [1.82, 2.24) is 4.31 Å². The first-order chi connectivity index (χ1) is 12.3. The number of halogens is 1. The van der Waals surface area contributed by atoms with Gasteiger partial charge in [-0.25, -0.2) is 12.8 Å². The minimum atomic E-state index is -3.91. The van der Waals surface area contributed by atoms with Crippen molar-refractivity contribution in [2.75, 3.05) is 33.1 Å². The van der Waals surface area contributed by atoms with Gasteiger partial charge in [0.05, 0.1) is 25.7 Å². The number of anilines is 1. The van der Waals surface area contributed by atoms with Crippen LogP contribution < -0.4 is 14.8 Å². The molecule has 0 aromatic heterocycles. The van der Waals surface area contributed by atoms with Crippen LogP contribution in [0.15, 0.2) is 47.4 Å². The highest BCUT2D eigenvalue weighted by Crippen LogP contribution is 2.29. The Hall–Kier alpha value is -2.65. The standard InChI is InChI=1S/C17H19FN2O5S/c1-20(26(22,23)14-7-4-12(18)5-8-14)11-17(21)19-13-6-9-15(24-2)16(10-13)25-3/h4-10H,11H2,1-3H3,(H,19,21). The van der Waals surface area contributed by atoms with Crippen LogP contribution in [0.25, 0.3) is 0 Å². The highest BCUT2D eigenvalue weighted by atomic mass is 32.2. The van der Waals surface area contributed by atoms with Crippen molar-refractivity contribution in [3.63, 3.8) is 0 Å². The van der Waals surface area contributed by atoms with Crippen LogP contribution in [-0.4, -0.2) is 46.4 Å². The Morgan fingerprint density at radius 1 is 1.08 bits per heavy atom. The number of carbonyl (C=O) groups is 1. The minimum absolute atomic E-state index is 0.0969. The largest absolute Gasteiger partial charge is 0.493 e. The number of nitrogens with one attached hydrogen (secondary N) is 1. The van der Waals surface area contributed by atoms with E-state index in [2.05, 4.69) is 5.32 Å². The number of likely N-dealkylation sites (N-methyl/N-ethyl adjacent to an activating group) is 1. The van der Waals surface area contributed by atoms with E-state index in [1.807, 2.05) is 0 Å². The molecule has 0 saturated heterocycles. The fraction of sp³-hybridized carbons (Fsp3) is 0.235. The number of amides is 1.